The van der Waals surface area contributed by atoms with Crippen LogP contribution in [-0.4, -0.2) is 0 Å². The normalized spacial score (nSPS) is 11.3. The van der Waals surface area contributed by atoms with Crippen LogP contribution in [0.3, 0.4) is 0 Å². The highest BCUT2D eigenvalue weighted by atomic mass is 14.0. The molecule has 0 bridgehead atoms. The predicted octanol–water partition coefficient (Wildman–Crippen LogP) is 5.25. The zero-order valence-electron chi connectivity index (χ0n) is 11.0. The van der Waals surface area contributed by atoms with Crippen molar-refractivity contribution < 1.29 is 0 Å². The van der Waals surface area contributed by atoms with Crippen LogP contribution < -0.4 is 0 Å². The van der Waals surface area contributed by atoms with E-state index in [4.69, 9.17) is 0 Å². The lowest BCUT2D eigenvalue weighted by Crippen LogP contribution is -1.83. The lowest BCUT2D eigenvalue weighted by atomic mass is 9.99. The van der Waals surface area contributed by atoms with Gasteiger partial charge in [-0.15, -0.1) is 0 Å². The molecule has 0 aromatic heterocycles. The Kier molecular flexibility index (Phi) is 3.78. The van der Waals surface area contributed by atoms with E-state index in [1.165, 1.54) is 27.8 Å². The van der Waals surface area contributed by atoms with E-state index in [0.29, 0.717) is 0 Å². The van der Waals surface area contributed by atoms with Gasteiger partial charge in [-0.2, -0.15) is 0 Å². The van der Waals surface area contributed by atoms with Gasteiger partial charge in [0.25, 0.3) is 0 Å². The van der Waals surface area contributed by atoms with E-state index in [2.05, 4.69) is 69.0 Å². The van der Waals surface area contributed by atoms with Crippen LogP contribution in [0.1, 0.15) is 18.1 Å². The van der Waals surface area contributed by atoms with Crippen molar-refractivity contribution >= 4 is 5.57 Å². The summed E-state index contributed by atoms with van der Waals surface area (Å²) in [5.41, 5.74) is 6.28. The summed E-state index contributed by atoms with van der Waals surface area (Å²) in [7, 11) is 0. The molecule has 90 valence electrons. The minimum Gasteiger partial charge on any atom is -0.0991 e. The third kappa shape index (κ3) is 2.78. The SMILES string of the molecule is C=C/C=C(\C)c1cccc(-c2ccc(C)cc2)c1. The Balaban J connectivity index is 2.41. The van der Waals surface area contributed by atoms with Gasteiger partial charge in [0.1, 0.15) is 0 Å². The van der Waals surface area contributed by atoms with Crippen LogP contribution >= 0.6 is 0 Å². The van der Waals surface area contributed by atoms with Crippen molar-refractivity contribution in [2.24, 2.45) is 0 Å². The highest BCUT2D eigenvalue weighted by molar-refractivity contribution is 5.72. The Morgan fingerprint density at radius 2 is 1.72 bits per heavy atom. The van der Waals surface area contributed by atoms with Crippen LogP contribution in [0.15, 0.2) is 67.3 Å². The van der Waals surface area contributed by atoms with Crippen LogP contribution in [0.2, 0.25) is 0 Å². The van der Waals surface area contributed by atoms with Crippen molar-refractivity contribution in [2.75, 3.05) is 0 Å². The van der Waals surface area contributed by atoms with Crippen LogP contribution in [-0.2, 0) is 0 Å². The van der Waals surface area contributed by atoms with Gasteiger partial charge in [-0.05, 0) is 42.2 Å². The summed E-state index contributed by atoms with van der Waals surface area (Å²) in [4.78, 5) is 0. The van der Waals surface area contributed by atoms with Gasteiger partial charge < -0.3 is 0 Å². The molecule has 0 fully saturated rings. The molecule has 0 radical (unpaired) electrons. The smallest absolute Gasteiger partial charge is 0.0178 e. The van der Waals surface area contributed by atoms with Crippen LogP contribution in [0.5, 0.6) is 0 Å². The average molecular weight is 234 g/mol. The van der Waals surface area contributed by atoms with Gasteiger partial charge in [-0.25, -0.2) is 0 Å². The van der Waals surface area contributed by atoms with Gasteiger partial charge in [0.2, 0.25) is 0 Å². The quantitative estimate of drug-likeness (QED) is 0.636. The zero-order valence-corrected chi connectivity index (χ0v) is 11.0. The maximum absolute atomic E-state index is 3.74. The maximum Gasteiger partial charge on any atom is -0.0178 e. The highest BCUT2D eigenvalue weighted by Crippen LogP contribution is 2.24. The molecule has 0 aliphatic rings. The van der Waals surface area contributed by atoms with Gasteiger partial charge in [-0.3, -0.25) is 0 Å². The fraction of sp³-hybridized carbons (Fsp3) is 0.111. The Hall–Kier alpha value is -2.08. The predicted molar refractivity (Wildman–Crippen MR) is 80.5 cm³/mol. The Morgan fingerprint density at radius 3 is 2.39 bits per heavy atom. The van der Waals surface area contributed by atoms with E-state index >= 15 is 0 Å². The van der Waals surface area contributed by atoms with Crippen molar-refractivity contribution in [1.29, 1.82) is 0 Å². The summed E-state index contributed by atoms with van der Waals surface area (Å²) < 4.78 is 0. The molecule has 0 heterocycles. The van der Waals surface area contributed by atoms with E-state index in [0.717, 1.165) is 0 Å². The molecular formula is C18H18. The molecule has 0 saturated heterocycles. The van der Waals surface area contributed by atoms with Crippen molar-refractivity contribution in [3.05, 3.63) is 78.4 Å². The molecular weight excluding hydrogens is 216 g/mol. The largest absolute Gasteiger partial charge is 0.0991 e. The fourth-order valence-corrected chi connectivity index (χ4v) is 1.96. The highest BCUT2D eigenvalue weighted by Gasteiger charge is 2.00. The number of hydrogen-bond acceptors (Lipinski definition) is 0. The minimum absolute atomic E-state index is 1.24. The fourth-order valence-electron chi connectivity index (χ4n) is 1.96. The first-order chi connectivity index (χ1) is 8.70. The molecule has 0 N–H and O–H groups in total. The van der Waals surface area contributed by atoms with Crippen LogP contribution in [0, 0.1) is 6.92 Å². The molecule has 2 aromatic rings. The molecule has 0 unspecified atom stereocenters. The summed E-state index contributed by atoms with van der Waals surface area (Å²) in [6.45, 7) is 7.96. The summed E-state index contributed by atoms with van der Waals surface area (Å²) in [5.74, 6) is 0. The lowest BCUT2D eigenvalue weighted by Gasteiger charge is -2.06. The van der Waals surface area contributed by atoms with Crippen molar-refractivity contribution in [3.63, 3.8) is 0 Å². The second-order valence-electron chi connectivity index (χ2n) is 4.53. The molecule has 0 atom stereocenters. The maximum atomic E-state index is 3.74. The number of benzene rings is 2. The lowest BCUT2D eigenvalue weighted by molar-refractivity contribution is 1.46. The first kappa shape index (κ1) is 12.4. The van der Waals surface area contributed by atoms with Crippen LogP contribution in [0.25, 0.3) is 16.7 Å². The number of rotatable bonds is 3. The third-order valence-corrected chi connectivity index (χ3v) is 3.07. The topological polar surface area (TPSA) is 0 Å². The summed E-state index contributed by atoms with van der Waals surface area (Å²) in [6.07, 6.45) is 3.86. The van der Waals surface area contributed by atoms with E-state index in [9.17, 15) is 0 Å². The molecule has 0 aliphatic carbocycles. The molecule has 2 rings (SSSR count). The van der Waals surface area contributed by atoms with E-state index in [1.807, 2.05) is 12.2 Å². The van der Waals surface area contributed by atoms with Gasteiger partial charge in [0.05, 0.1) is 0 Å². The minimum atomic E-state index is 1.24. The van der Waals surface area contributed by atoms with E-state index < -0.39 is 0 Å². The van der Waals surface area contributed by atoms with Gasteiger partial charge in [0.15, 0.2) is 0 Å². The molecule has 0 spiro atoms. The Bertz CT molecular complexity index is 571. The Labute approximate surface area is 109 Å². The molecule has 0 saturated carbocycles. The van der Waals surface area contributed by atoms with Gasteiger partial charge in [-0.1, -0.05) is 66.8 Å². The van der Waals surface area contributed by atoms with Crippen LogP contribution in [0.4, 0.5) is 0 Å². The van der Waals surface area contributed by atoms with E-state index in [1.54, 1.807) is 0 Å². The monoisotopic (exact) mass is 234 g/mol. The molecule has 0 nitrogen and oxygen atoms in total. The first-order valence-electron chi connectivity index (χ1n) is 6.17. The number of allylic oxidation sites excluding steroid dienone is 3. The van der Waals surface area contributed by atoms with E-state index in [-0.39, 0.29) is 0 Å². The summed E-state index contributed by atoms with van der Waals surface area (Å²) in [6, 6.07) is 17.2. The standard InChI is InChI=1S/C18H18/c1-4-6-15(3)17-7-5-8-18(13-17)16-11-9-14(2)10-12-16/h4-13H,1H2,2-3H3/b15-6+. The van der Waals surface area contributed by atoms with Crippen molar-refractivity contribution in [3.8, 4) is 11.1 Å². The molecule has 0 aliphatic heterocycles. The molecule has 0 amide bonds. The number of hydrogen-bond donors (Lipinski definition) is 0. The molecule has 18 heavy (non-hydrogen) atoms. The molecule has 0 heteroatoms. The number of aryl methyl sites for hydroxylation is 1. The van der Waals surface area contributed by atoms with Crippen molar-refractivity contribution in [2.45, 2.75) is 13.8 Å². The summed E-state index contributed by atoms with van der Waals surface area (Å²) in [5, 5.41) is 0. The first-order valence-corrected chi connectivity index (χ1v) is 6.17. The average Bonchev–Trinajstić information content (AvgIpc) is 2.40. The molecule has 2 aromatic carbocycles. The van der Waals surface area contributed by atoms with Crippen molar-refractivity contribution in [1.82, 2.24) is 0 Å². The second kappa shape index (κ2) is 5.50. The Morgan fingerprint density at radius 1 is 1.00 bits per heavy atom. The second-order valence-corrected chi connectivity index (χ2v) is 4.53. The van der Waals surface area contributed by atoms with Gasteiger partial charge >= 0.3 is 0 Å². The summed E-state index contributed by atoms with van der Waals surface area (Å²) >= 11 is 0. The van der Waals surface area contributed by atoms with Gasteiger partial charge in [0, 0.05) is 0 Å². The third-order valence-electron chi connectivity index (χ3n) is 3.07. The zero-order chi connectivity index (χ0) is 13.0.